The maximum absolute atomic E-state index is 13.7. The number of rotatable bonds is 8. The van der Waals surface area contributed by atoms with Gasteiger partial charge in [-0.05, 0) is 60.7 Å². The molecule has 4 rings (SSSR count). The van der Waals surface area contributed by atoms with Crippen LogP contribution in [0.3, 0.4) is 0 Å². The van der Waals surface area contributed by atoms with Gasteiger partial charge in [-0.3, -0.25) is 14.2 Å². The SMILES string of the molecule is CC[C@@H](C)c1ccc(-n2c(S[C@H](C)C(=O)N(C)Cc3ccccc3)nc3ccc(Cl)cc3c2=O)cc1. The minimum Gasteiger partial charge on any atom is -0.340 e. The molecule has 0 aliphatic rings. The van der Waals surface area contributed by atoms with Gasteiger partial charge in [0.25, 0.3) is 5.56 Å². The van der Waals surface area contributed by atoms with E-state index in [1.165, 1.54) is 17.3 Å². The number of thioether (sulfide) groups is 1. The Morgan fingerprint density at radius 1 is 1.06 bits per heavy atom. The Morgan fingerprint density at radius 3 is 2.42 bits per heavy atom. The number of carbonyl (C=O) groups excluding carboxylic acids is 1. The third-order valence-electron chi connectivity index (χ3n) is 6.40. The number of hydrogen-bond donors (Lipinski definition) is 0. The van der Waals surface area contributed by atoms with Crippen LogP contribution in [0.5, 0.6) is 0 Å². The summed E-state index contributed by atoms with van der Waals surface area (Å²) in [5.74, 6) is 0.393. The molecule has 0 saturated carbocycles. The summed E-state index contributed by atoms with van der Waals surface area (Å²) in [4.78, 5) is 33.4. The minimum absolute atomic E-state index is 0.0343. The molecule has 0 saturated heterocycles. The molecule has 0 N–H and O–H groups in total. The first kappa shape index (κ1) is 26.0. The van der Waals surface area contributed by atoms with E-state index in [0.29, 0.717) is 39.2 Å². The zero-order valence-corrected chi connectivity index (χ0v) is 22.5. The van der Waals surface area contributed by atoms with Crippen LogP contribution in [0, 0.1) is 0 Å². The summed E-state index contributed by atoms with van der Waals surface area (Å²) in [6.45, 7) is 6.70. The fraction of sp³-hybridized carbons (Fsp3) is 0.276. The highest BCUT2D eigenvalue weighted by Gasteiger charge is 2.23. The Morgan fingerprint density at radius 2 is 1.75 bits per heavy atom. The summed E-state index contributed by atoms with van der Waals surface area (Å²) in [5, 5.41) is 0.950. The highest BCUT2D eigenvalue weighted by molar-refractivity contribution is 8.00. The number of benzene rings is 3. The standard InChI is InChI=1S/C29H30ClN3O2S/c1-5-19(2)22-11-14-24(15-12-22)33-28(35)25-17-23(30)13-16-26(25)31-29(33)36-20(3)27(34)32(4)18-21-9-7-6-8-10-21/h6-17,19-20H,5,18H2,1-4H3/t19-,20-/m1/s1. The Hall–Kier alpha value is -3.09. The highest BCUT2D eigenvalue weighted by Crippen LogP contribution is 2.28. The van der Waals surface area contributed by atoms with Gasteiger partial charge in [0.05, 0.1) is 21.8 Å². The molecule has 0 bridgehead atoms. The largest absolute Gasteiger partial charge is 0.340 e. The molecule has 1 aromatic heterocycles. The zero-order chi connectivity index (χ0) is 25.8. The Bertz CT molecular complexity index is 1420. The van der Waals surface area contributed by atoms with Gasteiger partial charge < -0.3 is 4.90 Å². The molecule has 3 aromatic carbocycles. The van der Waals surface area contributed by atoms with Crippen LogP contribution in [0.25, 0.3) is 16.6 Å². The molecule has 0 spiro atoms. The molecule has 2 atom stereocenters. The van der Waals surface area contributed by atoms with Crippen molar-refractivity contribution in [3.05, 3.63) is 99.3 Å². The van der Waals surface area contributed by atoms with E-state index in [1.807, 2.05) is 49.4 Å². The fourth-order valence-corrected chi connectivity index (χ4v) is 5.30. The summed E-state index contributed by atoms with van der Waals surface area (Å²) < 4.78 is 1.59. The molecule has 1 heterocycles. The van der Waals surface area contributed by atoms with Crippen molar-refractivity contribution in [1.82, 2.24) is 14.5 Å². The molecule has 5 nitrogen and oxygen atoms in total. The van der Waals surface area contributed by atoms with E-state index < -0.39 is 5.25 Å². The summed E-state index contributed by atoms with van der Waals surface area (Å²) in [6, 6.07) is 23.0. The van der Waals surface area contributed by atoms with Gasteiger partial charge in [0.15, 0.2) is 5.16 Å². The van der Waals surface area contributed by atoms with Crippen molar-refractivity contribution >= 4 is 40.2 Å². The van der Waals surface area contributed by atoms with Crippen molar-refractivity contribution in [3.8, 4) is 5.69 Å². The molecule has 0 unspecified atom stereocenters. The van der Waals surface area contributed by atoms with E-state index in [9.17, 15) is 9.59 Å². The monoisotopic (exact) mass is 519 g/mol. The molecular formula is C29H30ClN3O2S. The second kappa shape index (κ2) is 11.3. The first-order chi connectivity index (χ1) is 17.3. The smallest absolute Gasteiger partial charge is 0.266 e. The van der Waals surface area contributed by atoms with Crippen molar-refractivity contribution in [3.63, 3.8) is 0 Å². The summed E-state index contributed by atoms with van der Waals surface area (Å²) >= 11 is 7.48. The summed E-state index contributed by atoms with van der Waals surface area (Å²) in [7, 11) is 1.79. The summed E-state index contributed by atoms with van der Waals surface area (Å²) in [5.41, 5.74) is 3.33. The van der Waals surface area contributed by atoms with Crippen molar-refractivity contribution in [2.75, 3.05) is 7.05 Å². The first-order valence-electron chi connectivity index (χ1n) is 12.1. The van der Waals surface area contributed by atoms with Crippen molar-refractivity contribution in [2.24, 2.45) is 0 Å². The third kappa shape index (κ3) is 5.66. The maximum Gasteiger partial charge on any atom is 0.266 e. The molecule has 0 fully saturated rings. The Labute approximate surface area is 221 Å². The lowest BCUT2D eigenvalue weighted by atomic mass is 9.98. The first-order valence-corrected chi connectivity index (χ1v) is 13.3. The molecule has 0 radical (unpaired) electrons. The van der Waals surface area contributed by atoms with Crippen molar-refractivity contribution < 1.29 is 4.79 Å². The van der Waals surface area contributed by atoms with E-state index in [1.54, 1.807) is 34.7 Å². The third-order valence-corrected chi connectivity index (χ3v) is 7.68. The van der Waals surface area contributed by atoms with E-state index in [-0.39, 0.29) is 11.5 Å². The number of hydrogen-bond acceptors (Lipinski definition) is 4. The minimum atomic E-state index is -0.444. The van der Waals surface area contributed by atoms with Crippen molar-refractivity contribution in [2.45, 2.75) is 50.1 Å². The average molecular weight is 520 g/mol. The molecule has 7 heteroatoms. The molecule has 0 aliphatic heterocycles. The van der Waals surface area contributed by atoms with E-state index in [2.05, 4.69) is 26.0 Å². The van der Waals surface area contributed by atoms with Gasteiger partial charge in [-0.25, -0.2) is 4.98 Å². The number of halogens is 1. The molecule has 186 valence electrons. The van der Waals surface area contributed by atoms with Crippen LogP contribution in [0.2, 0.25) is 5.02 Å². The van der Waals surface area contributed by atoms with E-state index >= 15 is 0 Å². The second-order valence-corrected chi connectivity index (χ2v) is 10.8. The second-order valence-electron chi connectivity index (χ2n) is 9.04. The molecule has 36 heavy (non-hydrogen) atoms. The van der Waals surface area contributed by atoms with Gasteiger partial charge in [0.2, 0.25) is 5.91 Å². The van der Waals surface area contributed by atoms with Crippen LogP contribution < -0.4 is 5.56 Å². The zero-order valence-electron chi connectivity index (χ0n) is 20.9. The van der Waals surface area contributed by atoms with Gasteiger partial charge >= 0.3 is 0 Å². The predicted octanol–water partition coefficient (Wildman–Crippen LogP) is 6.69. The number of aromatic nitrogens is 2. The van der Waals surface area contributed by atoms with Gasteiger partial charge in [-0.15, -0.1) is 0 Å². The van der Waals surface area contributed by atoms with Crippen LogP contribution in [-0.2, 0) is 11.3 Å². The highest BCUT2D eigenvalue weighted by atomic mass is 35.5. The maximum atomic E-state index is 13.7. The topological polar surface area (TPSA) is 55.2 Å². The quantitative estimate of drug-likeness (QED) is 0.192. The number of nitrogens with zero attached hydrogens (tertiary/aromatic N) is 3. The number of amides is 1. The van der Waals surface area contributed by atoms with Gasteiger partial charge in [0.1, 0.15) is 0 Å². The average Bonchev–Trinajstić information content (AvgIpc) is 2.89. The predicted molar refractivity (Wildman–Crippen MR) is 149 cm³/mol. The van der Waals surface area contributed by atoms with Crippen LogP contribution in [0.4, 0.5) is 0 Å². The lowest BCUT2D eigenvalue weighted by Crippen LogP contribution is -2.33. The normalized spacial score (nSPS) is 12.9. The lowest BCUT2D eigenvalue weighted by molar-refractivity contribution is -0.129. The molecule has 4 aromatic rings. The Kier molecular flexibility index (Phi) is 8.17. The van der Waals surface area contributed by atoms with Gasteiger partial charge in [-0.2, -0.15) is 0 Å². The fourth-order valence-electron chi connectivity index (χ4n) is 4.09. The lowest BCUT2D eigenvalue weighted by Gasteiger charge is -2.22. The Balaban J connectivity index is 1.71. The van der Waals surface area contributed by atoms with Crippen molar-refractivity contribution in [1.29, 1.82) is 0 Å². The van der Waals surface area contributed by atoms with Crippen LogP contribution in [0.1, 0.15) is 44.2 Å². The summed E-state index contributed by atoms with van der Waals surface area (Å²) in [6.07, 6.45) is 1.03. The van der Waals surface area contributed by atoms with Gasteiger partial charge in [0, 0.05) is 18.6 Å². The van der Waals surface area contributed by atoms with E-state index in [0.717, 1.165) is 12.0 Å². The molecule has 0 aliphatic carbocycles. The molecule has 1 amide bonds. The number of fused-ring (bicyclic) bond motifs is 1. The van der Waals surface area contributed by atoms with Crippen LogP contribution >= 0.6 is 23.4 Å². The van der Waals surface area contributed by atoms with Gasteiger partial charge in [-0.1, -0.05) is 79.7 Å². The van der Waals surface area contributed by atoms with Crippen LogP contribution in [0.15, 0.2) is 82.7 Å². The number of carbonyl (C=O) groups is 1. The molecular weight excluding hydrogens is 490 g/mol. The van der Waals surface area contributed by atoms with E-state index in [4.69, 9.17) is 16.6 Å². The van der Waals surface area contributed by atoms with Crippen LogP contribution in [-0.4, -0.2) is 32.7 Å².